The molecule has 0 radical (unpaired) electrons. The SMILES string of the molecule is O=C(COc1ccccc1F)Nc1c2c(nn1-c1ccc(Cl)cc1)CSC2. The highest BCUT2D eigenvalue weighted by Gasteiger charge is 2.24. The number of carbonyl (C=O) groups is 1. The largest absolute Gasteiger partial charge is 0.481 e. The highest BCUT2D eigenvalue weighted by atomic mass is 35.5. The van der Waals surface area contributed by atoms with Crippen LogP contribution in [0.2, 0.25) is 5.02 Å². The summed E-state index contributed by atoms with van der Waals surface area (Å²) in [5.74, 6) is 1.33. The number of hydrogen-bond donors (Lipinski definition) is 1. The molecule has 1 aliphatic rings. The summed E-state index contributed by atoms with van der Waals surface area (Å²) in [7, 11) is 0. The third-order valence-electron chi connectivity index (χ3n) is 4.08. The predicted molar refractivity (Wildman–Crippen MR) is 104 cm³/mol. The molecule has 1 aliphatic heterocycles. The number of aromatic nitrogens is 2. The summed E-state index contributed by atoms with van der Waals surface area (Å²) in [4.78, 5) is 12.4. The molecule has 0 spiro atoms. The van der Waals surface area contributed by atoms with E-state index in [9.17, 15) is 9.18 Å². The first-order valence-electron chi connectivity index (χ1n) is 8.23. The van der Waals surface area contributed by atoms with Gasteiger partial charge in [-0.05, 0) is 36.4 Å². The number of amides is 1. The third-order valence-corrected chi connectivity index (χ3v) is 5.30. The molecule has 0 atom stereocenters. The number of rotatable bonds is 5. The highest BCUT2D eigenvalue weighted by molar-refractivity contribution is 7.98. The maximum absolute atomic E-state index is 13.6. The van der Waals surface area contributed by atoms with Gasteiger partial charge in [0.1, 0.15) is 5.82 Å². The average molecular weight is 404 g/mol. The maximum atomic E-state index is 13.6. The molecule has 2 heterocycles. The number of fused-ring (bicyclic) bond motifs is 1. The second-order valence-electron chi connectivity index (χ2n) is 5.92. The van der Waals surface area contributed by atoms with Gasteiger partial charge in [-0.15, -0.1) is 0 Å². The Kier molecular flexibility index (Phi) is 5.05. The van der Waals surface area contributed by atoms with E-state index in [4.69, 9.17) is 16.3 Å². The molecule has 0 bridgehead atoms. The van der Waals surface area contributed by atoms with Gasteiger partial charge in [-0.1, -0.05) is 23.7 Å². The van der Waals surface area contributed by atoms with E-state index in [0.29, 0.717) is 10.8 Å². The molecule has 3 aromatic rings. The topological polar surface area (TPSA) is 56.1 Å². The van der Waals surface area contributed by atoms with Crippen molar-refractivity contribution in [2.45, 2.75) is 11.5 Å². The van der Waals surface area contributed by atoms with E-state index in [1.165, 1.54) is 12.1 Å². The van der Waals surface area contributed by atoms with Crippen molar-refractivity contribution < 1.29 is 13.9 Å². The van der Waals surface area contributed by atoms with Crippen LogP contribution in [0.5, 0.6) is 5.75 Å². The van der Waals surface area contributed by atoms with Gasteiger partial charge in [-0.25, -0.2) is 9.07 Å². The number of thioether (sulfide) groups is 1. The molecule has 0 fully saturated rings. The lowest BCUT2D eigenvalue weighted by Crippen LogP contribution is -2.22. The van der Waals surface area contributed by atoms with Gasteiger partial charge in [0.25, 0.3) is 5.91 Å². The Morgan fingerprint density at radius 2 is 2.00 bits per heavy atom. The molecule has 27 heavy (non-hydrogen) atoms. The fourth-order valence-electron chi connectivity index (χ4n) is 2.78. The number of anilines is 1. The van der Waals surface area contributed by atoms with E-state index in [-0.39, 0.29) is 18.3 Å². The summed E-state index contributed by atoms with van der Waals surface area (Å²) in [6.45, 7) is -0.297. The van der Waals surface area contributed by atoms with Crippen LogP contribution in [0.3, 0.4) is 0 Å². The lowest BCUT2D eigenvalue weighted by atomic mass is 10.2. The molecule has 8 heteroatoms. The fraction of sp³-hybridized carbons (Fsp3) is 0.158. The summed E-state index contributed by atoms with van der Waals surface area (Å²) < 4.78 is 20.6. The summed E-state index contributed by atoms with van der Waals surface area (Å²) in [6, 6.07) is 13.2. The fourth-order valence-corrected chi connectivity index (χ4v) is 3.94. The molecular formula is C19H15ClFN3O2S. The number of carbonyl (C=O) groups excluding carboxylic acids is 1. The van der Waals surface area contributed by atoms with Gasteiger partial charge in [0.15, 0.2) is 18.2 Å². The minimum Gasteiger partial charge on any atom is -0.481 e. The number of nitrogens with zero attached hydrogens (tertiary/aromatic N) is 2. The highest BCUT2D eigenvalue weighted by Crippen LogP contribution is 2.36. The molecule has 1 amide bonds. The van der Waals surface area contributed by atoms with E-state index >= 15 is 0 Å². The van der Waals surface area contributed by atoms with E-state index in [2.05, 4.69) is 10.4 Å². The van der Waals surface area contributed by atoms with Gasteiger partial charge in [-0.2, -0.15) is 16.9 Å². The number of ether oxygens (including phenoxy) is 1. The number of para-hydroxylation sites is 1. The van der Waals surface area contributed by atoms with Crippen LogP contribution < -0.4 is 10.1 Å². The Bertz CT molecular complexity index is 991. The van der Waals surface area contributed by atoms with Gasteiger partial charge in [0.2, 0.25) is 0 Å². The number of nitrogens with one attached hydrogen (secondary N) is 1. The van der Waals surface area contributed by atoms with Crippen LogP contribution in [-0.4, -0.2) is 22.3 Å². The molecule has 1 N–H and O–H groups in total. The molecule has 0 saturated carbocycles. The van der Waals surface area contributed by atoms with Gasteiger partial charge in [-0.3, -0.25) is 4.79 Å². The van der Waals surface area contributed by atoms with Crippen molar-refractivity contribution in [3.8, 4) is 11.4 Å². The van der Waals surface area contributed by atoms with Crippen molar-refractivity contribution in [2.24, 2.45) is 0 Å². The van der Waals surface area contributed by atoms with E-state index in [0.717, 1.165) is 28.5 Å². The zero-order valence-electron chi connectivity index (χ0n) is 14.1. The van der Waals surface area contributed by atoms with Crippen LogP contribution in [0.15, 0.2) is 48.5 Å². The van der Waals surface area contributed by atoms with Crippen molar-refractivity contribution in [1.29, 1.82) is 0 Å². The minimum atomic E-state index is -0.506. The number of benzene rings is 2. The minimum absolute atomic E-state index is 0.0413. The predicted octanol–water partition coefficient (Wildman–Crippen LogP) is 4.43. The Balaban J connectivity index is 1.55. The Morgan fingerprint density at radius 3 is 2.78 bits per heavy atom. The van der Waals surface area contributed by atoms with Crippen LogP contribution in [0.25, 0.3) is 5.69 Å². The van der Waals surface area contributed by atoms with E-state index in [1.807, 2.05) is 12.1 Å². The Morgan fingerprint density at radius 1 is 1.22 bits per heavy atom. The third kappa shape index (κ3) is 3.79. The first-order valence-corrected chi connectivity index (χ1v) is 9.77. The van der Waals surface area contributed by atoms with Crippen LogP contribution in [-0.2, 0) is 16.3 Å². The smallest absolute Gasteiger partial charge is 0.263 e. The molecule has 0 aliphatic carbocycles. The zero-order valence-corrected chi connectivity index (χ0v) is 15.7. The van der Waals surface area contributed by atoms with Gasteiger partial charge < -0.3 is 10.1 Å². The van der Waals surface area contributed by atoms with Crippen LogP contribution in [0.1, 0.15) is 11.3 Å². The van der Waals surface area contributed by atoms with Gasteiger partial charge >= 0.3 is 0 Å². The molecule has 138 valence electrons. The number of halogens is 2. The quantitative estimate of drug-likeness (QED) is 0.684. The molecular weight excluding hydrogens is 389 g/mol. The number of hydrogen-bond acceptors (Lipinski definition) is 4. The molecule has 0 unspecified atom stereocenters. The normalized spacial score (nSPS) is 12.7. The summed E-state index contributed by atoms with van der Waals surface area (Å²) >= 11 is 7.70. The summed E-state index contributed by atoms with van der Waals surface area (Å²) in [6.07, 6.45) is 0. The van der Waals surface area contributed by atoms with Crippen LogP contribution >= 0.6 is 23.4 Å². The first-order chi connectivity index (χ1) is 13.1. The molecule has 4 rings (SSSR count). The first kappa shape index (κ1) is 17.9. The summed E-state index contributed by atoms with van der Waals surface area (Å²) in [5, 5.41) is 8.10. The second kappa shape index (κ2) is 7.62. The summed E-state index contributed by atoms with van der Waals surface area (Å²) in [5.41, 5.74) is 2.73. The average Bonchev–Trinajstić information content (AvgIpc) is 3.24. The zero-order chi connectivity index (χ0) is 18.8. The molecule has 1 aromatic heterocycles. The molecule has 2 aromatic carbocycles. The van der Waals surface area contributed by atoms with Crippen LogP contribution in [0, 0.1) is 5.82 Å². The van der Waals surface area contributed by atoms with Crippen molar-refractivity contribution in [3.05, 3.63) is 70.6 Å². The Labute approximate surface area is 164 Å². The maximum Gasteiger partial charge on any atom is 0.263 e. The lowest BCUT2D eigenvalue weighted by molar-refractivity contribution is -0.118. The van der Waals surface area contributed by atoms with Crippen molar-refractivity contribution in [2.75, 3.05) is 11.9 Å². The van der Waals surface area contributed by atoms with Crippen molar-refractivity contribution >= 4 is 35.1 Å². The Hall–Kier alpha value is -2.51. The molecule has 5 nitrogen and oxygen atoms in total. The lowest BCUT2D eigenvalue weighted by Gasteiger charge is -2.12. The van der Waals surface area contributed by atoms with Crippen molar-refractivity contribution in [1.82, 2.24) is 9.78 Å². The monoisotopic (exact) mass is 403 g/mol. The van der Waals surface area contributed by atoms with Crippen molar-refractivity contribution in [3.63, 3.8) is 0 Å². The van der Waals surface area contributed by atoms with Gasteiger partial charge in [0, 0.05) is 22.1 Å². The second-order valence-corrected chi connectivity index (χ2v) is 7.34. The van der Waals surface area contributed by atoms with E-state index < -0.39 is 5.82 Å². The van der Waals surface area contributed by atoms with Gasteiger partial charge in [0.05, 0.1) is 11.4 Å². The standard InChI is InChI=1S/C19H15ClFN3O2S/c20-12-5-7-13(8-6-12)24-19(14-10-27-11-16(14)23-24)22-18(25)9-26-17-4-2-1-3-15(17)21/h1-8H,9-11H2,(H,22,25). The van der Waals surface area contributed by atoms with E-state index in [1.54, 1.807) is 40.7 Å². The molecule has 0 saturated heterocycles. The van der Waals surface area contributed by atoms with Crippen LogP contribution in [0.4, 0.5) is 10.2 Å².